The molecule has 1 fully saturated rings. The highest BCUT2D eigenvalue weighted by Crippen LogP contribution is 2.18. The minimum atomic E-state index is 0.248. The second kappa shape index (κ2) is 4.06. The van der Waals surface area contributed by atoms with E-state index in [0.29, 0.717) is 6.04 Å². The molecule has 0 bridgehead atoms. The predicted octanol–water partition coefficient (Wildman–Crippen LogP) is -0.228. The Morgan fingerprint density at radius 3 is 3.14 bits per heavy atom. The molecule has 5 heteroatoms. The summed E-state index contributed by atoms with van der Waals surface area (Å²) in [6.45, 7) is 2.09. The average molecular weight is 196 g/mol. The Hall–Kier alpha value is -0.940. The molecule has 1 aromatic heterocycles. The first-order valence-electron chi connectivity index (χ1n) is 4.99. The maximum atomic E-state index is 9.15. The van der Waals surface area contributed by atoms with Crippen LogP contribution in [0.15, 0.2) is 6.33 Å². The van der Waals surface area contributed by atoms with Crippen molar-refractivity contribution < 1.29 is 5.11 Å². The van der Waals surface area contributed by atoms with E-state index in [0.717, 1.165) is 25.3 Å². The predicted molar refractivity (Wildman–Crippen MR) is 51.5 cm³/mol. The summed E-state index contributed by atoms with van der Waals surface area (Å²) < 4.78 is 1.78. The van der Waals surface area contributed by atoms with Crippen LogP contribution in [0.2, 0.25) is 0 Å². The molecule has 78 valence electrons. The monoisotopic (exact) mass is 196 g/mol. The molecule has 1 aromatic rings. The van der Waals surface area contributed by atoms with Crippen molar-refractivity contribution in [3.63, 3.8) is 0 Å². The van der Waals surface area contributed by atoms with Crippen LogP contribution >= 0.6 is 0 Å². The first-order chi connectivity index (χ1) is 6.81. The lowest BCUT2D eigenvalue weighted by molar-refractivity contribution is 0.150. The van der Waals surface area contributed by atoms with Gasteiger partial charge in [-0.15, -0.1) is 0 Å². The van der Waals surface area contributed by atoms with Crippen LogP contribution in [0.1, 0.15) is 18.7 Å². The topological polar surface area (TPSA) is 54.2 Å². The summed E-state index contributed by atoms with van der Waals surface area (Å²) in [6.07, 6.45) is 3.83. The standard InChI is InChI=1S/C9H16N4O/c1-12-9(10-7-11-12)5-13-4-2-3-8(13)6-14/h7-8,14H,2-6H2,1H3/t8-/m0/s1. The third-order valence-electron chi connectivity index (χ3n) is 2.86. The Morgan fingerprint density at radius 2 is 2.50 bits per heavy atom. The molecule has 14 heavy (non-hydrogen) atoms. The second-order valence-electron chi connectivity index (χ2n) is 3.75. The number of rotatable bonds is 3. The first kappa shape index (κ1) is 9.61. The van der Waals surface area contributed by atoms with Gasteiger partial charge in [-0.2, -0.15) is 5.10 Å². The lowest BCUT2D eigenvalue weighted by Crippen LogP contribution is -2.32. The zero-order valence-corrected chi connectivity index (χ0v) is 8.43. The number of aromatic nitrogens is 3. The van der Waals surface area contributed by atoms with Gasteiger partial charge in [0, 0.05) is 13.1 Å². The molecule has 0 saturated carbocycles. The third-order valence-corrected chi connectivity index (χ3v) is 2.86. The van der Waals surface area contributed by atoms with E-state index in [2.05, 4.69) is 15.0 Å². The number of hydrogen-bond acceptors (Lipinski definition) is 4. The van der Waals surface area contributed by atoms with Crippen molar-refractivity contribution in [2.75, 3.05) is 13.2 Å². The van der Waals surface area contributed by atoms with Crippen molar-refractivity contribution in [3.8, 4) is 0 Å². The minimum absolute atomic E-state index is 0.248. The van der Waals surface area contributed by atoms with E-state index < -0.39 is 0 Å². The molecule has 1 atom stereocenters. The molecular weight excluding hydrogens is 180 g/mol. The Labute approximate surface area is 83.4 Å². The van der Waals surface area contributed by atoms with Crippen LogP contribution in [0.5, 0.6) is 0 Å². The van der Waals surface area contributed by atoms with E-state index >= 15 is 0 Å². The summed E-state index contributed by atoms with van der Waals surface area (Å²) >= 11 is 0. The van der Waals surface area contributed by atoms with E-state index in [1.165, 1.54) is 6.42 Å². The fourth-order valence-electron chi connectivity index (χ4n) is 1.95. The quantitative estimate of drug-likeness (QED) is 0.725. The molecule has 1 N–H and O–H groups in total. The number of aryl methyl sites for hydroxylation is 1. The van der Waals surface area contributed by atoms with Crippen LogP contribution in [0.4, 0.5) is 0 Å². The SMILES string of the molecule is Cn1ncnc1CN1CCC[C@H]1CO. The normalized spacial score (nSPS) is 23.1. The van der Waals surface area contributed by atoms with Crippen LogP contribution < -0.4 is 0 Å². The van der Waals surface area contributed by atoms with Crippen molar-refractivity contribution >= 4 is 0 Å². The zero-order valence-electron chi connectivity index (χ0n) is 8.43. The fraction of sp³-hybridized carbons (Fsp3) is 0.778. The Morgan fingerprint density at radius 1 is 1.64 bits per heavy atom. The highest BCUT2D eigenvalue weighted by Gasteiger charge is 2.24. The highest BCUT2D eigenvalue weighted by molar-refractivity contribution is 4.88. The molecule has 0 amide bonds. The van der Waals surface area contributed by atoms with Gasteiger partial charge in [0.25, 0.3) is 0 Å². The highest BCUT2D eigenvalue weighted by atomic mass is 16.3. The van der Waals surface area contributed by atoms with Gasteiger partial charge in [0.2, 0.25) is 0 Å². The summed E-state index contributed by atoms with van der Waals surface area (Å²) in [6, 6.07) is 0.312. The average Bonchev–Trinajstić information content (AvgIpc) is 2.77. The molecule has 1 saturated heterocycles. The van der Waals surface area contributed by atoms with Gasteiger partial charge in [-0.1, -0.05) is 0 Å². The molecule has 0 spiro atoms. The minimum Gasteiger partial charge on any atom is -0.395 e. The van der Waals surface area contributed by atoms with Crippen molar-refractivity contribution in [1.29, 1.82) is 0 Å². The lowest BCUT2D eigenvalue weighted by Gasteiger charge is -2.21. The summed E-state index contributed by atoms with van der Waals surface area (Å²) in [5.41, 5.74) is 0. The molecule has 1 aliphatic heterocycles. The van der Waals surface area contributed by atoms with Gasteiger partial charge < -0.3 is 5.11 Å². The largest absolute Gasteiger partial charge is 0.395 e. The molecular formula is C9H16N4O. The molecule has 2 rings (SSSR count). The van der Waals surface area contributed by atoms with E-state index in [1.807, 2.05) is 7.05 Å². The van der Waals surface area contributed by atoms with E-state index in [4.69, 9.17) is 5.11 Å². The summed E-state index contributed by atoms with van der Waals surface area (Å²) in [4.78, 5) is 6.44. The number of nitrogens with zero attached hydrogens (tertiary/aromatic N) is 4. The molecule has 0 unspecified atom stereocenters. The molecule has 5 nitrogen and oxygen atoms in total. The molecule has 0 aromatic carbocycles. The Balaban J connectivity index is 2.00. The zero-order chi connectivity index (χ0) is 9.97. The summed E-state index contributed by atoms with van der Waals surface area (Å²) in [7, 11) is 1.90. The third kappa shape index (κ3) is 1.78. The second-order valence-corrected chi connectivity index (χ2v) is 3.75. The number of hydrogen-bond donors (Lipinski definition) is 1. The van der Waals surface area contributed by atoms with Crippen LogP contribution in [0.3, 0.4) is 0 Å². The van der Waals surface area contributed by atoms with Crippen molar-refractivity contribution in [2.24, 2.45) is 7.05 Å². The maximum absolute atomic E-state index is 9.15. The van der Waals surface area contributed by atoms with Crippen LogP contribution in [-0.2, 0) is 13.6 Å². The molecule has 2 heterocycles. The van der Waals surface area contributed by atoms with E-state index in [9.17, 15) is 0 Å². The number of aliphatic hydroxyl groups is 1. The maximum Gasteiger partial charge on any atom is 0.140 e. The van der Waals surface area contributed by atoms with Crippen LogP contribution in [0.25, 0.3) is 0 Å². The summed E-state index contributed by atoms with van der Waals surface area (Å²) in [5, 5.41) is 13.2. The smallest absolute Gasteiger partial charge is 0.140 e. The van der Waals surface area contributed by atoms with Crippen molar-refractivity contribution in [2.45, 2.75) is 25.4 Å². The van der Waals surface area contributed by atoms with Gasteiger partial charge in [-0.3, -0.25) is 9.58 Å². The van der Waals surface area contributed by atoms with Crippen LogP contribution in [0, 0.1) is 0 Å². The van der Waals surface area contributed by atoms with Gasteiger partial charge in [0.05, 0.1) is 13.2 Å². The van der Waals surface area contributed by atoms with E-state index in [-0.39, 0.29) is 6.61 Å². The van der Waals surface area contributed by atoms with Crippen molar-refractivity contribution in [1.82, 2.24) is 19.7 Å². The number of likely N-dealkylation sites (tertiary alicyclic amines) is 1. The van der Waals surface area contributed by atoms with Crippen molar-refractivity contribution in [3.05, 3.63) is 12.2 Å². The van der Waals surface area contributed by atoms with E-state index in [1.54, 1.807) is 11.0 Å². The van der Waals surface area contributed by atoms with Gasteiger partial charge in [-0.25, -0.2) is 4.98 Å². The Kier molecular flexibility index (Phi) is 2.79. The van der Waals surface area contributed by atoms with Gasteiger partial charge in [0.1, 0.15) is 12.2 Å². The van der Waals surface area contributed by atoms with Gasteiger partial charge >= 0.3 is 0 Å². The van der Waals surface area contributed by atoms with Gasteiger partial charge in [0.15, 0.2) is 0 Å². The number of aliphatic hydroxyl groups excluding tert-OH is 1. The van der Waals surface area contributed by atoms with Gasteiger partial charge in [-0.05, 0) is 19.4 Å². The Bertz CT molecular complexity index is 299. The first-order valence-corrected chi connectivity index (χ1v) is 4.99. The molecule has 1 aliphatic rings. The molecule has 0 radical (unpaired) electrons. The lowest BCUT2D eigenvalue weighted by atomic mass is 10.2. The fourth-order valence-corrected chi connectivity index (χ4v) is 1.95. The molecule has 0 aliphatic carbocycles. The van der Waals surface area contributed by atoms with Crippen LogP contribution in [-0.4, -0.2) is 44.0 Å². The summed E-state index contributed by atoms with van der Waals surface area (Å²) in [5.74, 6) is 0.963.